The van der Waals surface area contributed by atoms with Gasteiger partial charge in [-0.25, -0.2) is 4.79 Å². The number of hydrogen-bond acceptors (Lipinski definition) is 3. The maximum atomic E-state index is 13.7. The Balaban J connectivity index is 2.56. The topological polar surface area (TPSA) is 50.7 Å². The monoisotopic (exact) mass is 384 g/mol. The molecule has 4 nitrogen and oxygen atoms in total. The fourth-order valence-electron chi connectivity index (χ4n) is 2.28. The van der Waals surface area contributed by atoms with Crippen molar-refractivity contribution in [3.8, 4) is 0 Å². The van der Waals surface area contributed by atoms with E-state index in [-0.39, 0.29) is 16.3 Å². The van der Waals surface area contributed by atoms with Gasteiger partial charge >= 0.3 is 12.3 Å². The first-order valence-electron chi connectivity index (χ1n) is 7.57. The molecule has 0 bridgehead atoms. The second-order valence-electron chi connectivity index (χ2n) is 5.37. The molecule has 2 aromatic carbocycles. The molecule has 0 aliphatic heterocycles. The van der Waals surface area contributed by atoms with E-state index in [1.807, 2.05) is 0 Å². The standard InChI is InChI=1S/C18H16ClF3N2O2/c1-11(12-6-4-3-5-7-12)23-16(18(20,21)22)14-10-13(19)8-9-15(14)24-17(25)26-2/h3-11H,1-2H3,(H,24,25). The minimum Gasteiger partial charge on any atom is -0.453 e. The first-order valence-corrected chi connectivity index (χ1v) is 7.95. The van der Waals surface area contributed by atoms with Crippen molar-refractivity contribution in [2.24, 2.45) is 4.99 Å². The van der Waals surface area contributed by atoms with Crippen molar-refractivity contribution in [2.45, 2.75) is 19.1 Å². The smallest absolute Gasteiger partial charge is 0.433 e. The Morgan fingerprint density at radius 1 is 1.19 bits per heavy atom. The molecule has 26 heavy (non-hydrogen) atoms. The molecule has 8 heteroatoms. The SMILES string of the molecule is COC(=O)Nc1ccc(Cl)cc1C(=NC(C)c1ccccc1)C(F)(F)F. The van der Waals surface area contributed by atoms with Crippen LogP contribution in [-0.2, 0) is 4.74 Å². The number of benzene rings is 2. The third-order valence-electron chi connectivity index (χ3n) is 3.53. The molecule has 0 saturated carbocycles. The molecule has 0 fully saturated rings. The average molecular weight is 385 g/mol. The van der Waals surface area contributed by atoms with Crippen molar-refractivity contribution in [3.63, 3.8) is 0 Å². The number of rotatable bonds is 4. The third-order valence-corrected chi connectivity index (χ3v) is 3.77. The molecular formula is C18H16ClF3N2O2. The summed E-state index contributed by atoms with van der Waals surface area (Å²) in [6, 6.07) is 11.6. The van der Waals surface area contributed by atoms with E-state index >= 15 is 0 Å². The molecule has 0 aliphatic rings. The van der Waals surface area contributed by atoms with E-state index in [1.165, 1.54) is 12.1 Å². The number of anilines is 1. The van der Waals surface area contributed by atoms with Crippen LogP contribution in [0.4, 0.5) is 23.7 Å². The highest BCUT2D eigenvalue weighted by Gasteiger charge is 2.38. The van der Waals surface area contributed by atoms with Crippen LogP contribution >= 0.6 is 11.6 Å². The maximum Gasteiger partial charge on any atom is 0.433 e. The molecule has 0 saturated heterocycles. The van der Waals surface area contributed by atoms with Crippen molar-refractivity contribution in [1.82, 2.24) is 0 Å². The van der Waals surface area contributed by atoms with Gasteiger partial charge in [-0.3, -0.25) is 10.3 Å². The van der Waals surface area contributed by atoms with E-state index in [0.29, 0.717) is 5.56 Å². The number of ether oxygens (including phenoxy) is 1. The van der Waals surface area contributed by atoms with E-state index in [9.17, 15) is 18.0 Å². The Labute approximate surface area is 153 Å². The second kappa shape index (κ2) is 8.23. The van der Waals surface area contributed by atoms with Crippen molar-refractivity contribution in [1.29, 1.82) is 0 Å². The van der Waals surface area contributed by atoms with Crippen LogP contribution in [0.3, 0.4) is 0 Å². The Morgan fingerprint density at radius 3 is 2.42 bits per heavy atom. The zero-order chi connectivity index (χ0) is 19.3. The summed E-state index contributed by atoms with van der Waals surface area (Å²) in [7, 11) is 1.11. The van der Waals surface area contributed by atoms with E-state index in [1.54, 1.807) is 37.3 Å². The molecule has 2 aromatic rings. The van der Waals surface area contributed by atoms with Gasteiger partial charge in [0, 0.05) is 10.6 Å². The van der Waals surface area contributed by atoms with Crippen molar-refractivity contribution >= 4 is 29.1 Å². The number of carbonyl (C=O) groups is 1. The Hall–Kier alpha value is -2.54. The van der Waals surface area contributed by atoms with Crippen LogP contribution < -0.4 is 5.32 Å². The summed E-state index contributed by atoms with van der Waals surface area (Å²) in [5, 5.41) is 2.34. The van der Waals surface area contributed by atoms with Crippen LogP contribution in [0.25, 0.3) is 0 Å². The van der Waals surface area contributed by atoms with Gasteiger partial charge in [0.2, 0.25) is 0 Å². The van der Waals surface area contributed by atoms with Crippen molar-refractivity contribution in [2.75, 3.05) is 12.4 Å². The van der Waals surface area contributed by atoms with E-state index in [0.717, 1.165) is 13.2 Å². The summed E-state index contributed by atoms with van der Waals surface area (Å²) in [4.78, 5) is 15.3. The predicted octanol–water partition coefficient (Wildman–Crippen LogP) is 5.63. The molecule has 0 radical (unpaired) electrons. The molecule has 1 N–H and O–H groups in total. The molecule has 0 heterocycles. The van der Waals surface area contributed by atoms with Crippen LogP contribution in [0, 0.1) is 0 Å². The number of nitrogens with one attached hydrogen (secondary N) is 1. The lowest BCUT2D eigenvalue weighted by atomic mass is 10.0. The molecule has 0 aromatic heterocycles. The molecular weight excluding hydrogens is 369 g/mol. The number of amides is 1. The van der Waals surface area contributed by atoms with Crippen molar-refractivity contribution in [3.05, 3.63) is 64.7 Å². The Kier molecular flexibility index (Phi) is 6.26. The highest BCUT2D eigenvalue weighted by atomic mass is 35.5. The summed E-state index contributed by atoms with van der Waals surface area (Å²) in [5.74, 6) is 0. The zero-order valence-electron chi connectivity index (χ0n) is 14.0. The quantitative estimate of drug-likeness (QED) is 0.694. The van der Waals surface area contributed by atoms with E-state index in [2.05, 4.69) is 15.0 Å². The van der Waals surface area contributed by atoms with Crippen LogP contribution in [-0.4, -0.2) is 25.1 Å². The molecule has 1 atom stereocenters. The molecule has 1 unspecified atom stereocenters. The van der Waals surface area contributed by atoms with Gasteiger partial charge in [0.1, 0.15) is 5.71 Å². The highest BCUT2D eigenvalue weighted by Crippen LogP contribution is 2.32. The van der Waals surface area contributed by atoms with Gasteiger partial charge in [-0.15, -0.1) is 0 Å². The van der Waals surface area contributed by atoms with Crippen molar-refractivity contribution < 1.29 is 22.7 Å². The summed E-state index contributed by atoms with van der Waals surface area (Å²) in [6.45, 7) is 1.55. The van der Waals surface area contributed by atoms with E-state index in [4.69, 9.17) is 11.6 Å². The lowest BCUT2D eigenvalue weighted by Crippen LogP contribution is -2.27. The summed E-state index contributed by atoms with van der Waals surface area (Å²) in [6.07, 6.45) is -5.65. The van der Waals surface area contributed by atoms with Gasteiger partial charge < -0.3 is 4.74 Å². The highest BCUT2D eigenvalue weighted by molar-refractivity contribution is 6.31. The van der Waals surface area contributed by atoms with Gasteiger partial charge in [-0.05, 0) is 30.7 Å². The number of alkyl halides is 3. The van der Waals surface area contributed by atoms with Crippen LogP contribution in [0.5, 0.6) is 0 Å². The van der Waals surface area contributed by atoms with Gasteiger partial charge in [-0.2, -0.15) is 13.2 Å². The first kappa shape index (κ1) is 19.8. The number of halogens is 4. The van der Waals surface area contributed by atoms with Crippen LogP contribution in [0.15, 0.2) is 53.5 Å². The lowest BCUT2D eigenvalue weighted by molar-refractivity contribution is -0.0584. The molecule has 0 aliphatic carbocycles. The Bertz CT molecular complexity index is 808. The van der Waals surface area contributed by atoms with Gasteiger partial charge in [0.15, 0.2) is 0 Å². The third kappa shape index (κ3) is 4.98. The number of methoxy groups -OCH3 is 1. The van der Waals surface area contributed by atoms with Gasteiger partial charge in [0.25, 0.3) is 0 Å². The molecule has 1 amide bonds. The second-order valence-corrected chi connectivity index (χ2v) is 5.81. The number of nitrogens with zero attached hydrogens (tertiary/aromatic N) is 1. The lowest BCUT2D eigenvalue weighted by Gasteiger charge is -2.18. The normalized spacial score (nSPS) is 13.2. The fraction of sp³-hybridized carbons (Fsp3) is 0.222. The molecule has 0 spiro atoms. The largest absolute Gasteiger partial charge is 0.453 e. The molecule has 138 valence electrons. The number of carbonyl (C=O) groups excluding carboxylic acids is 1. The number of hydrogen-bond donors (Lipinski definition) is 1. The first-order chi connectivity index (χ1) is 12.2. The summed E-state index contributed by atoms with van der Waals surface area (Å²) < 4.78 is 45.5. The van der Waals surface area contributed by atoms with E-state index < -0.39 is 24.0 Å². The maximum absolute atomic E-state index is 13.7. The van der Waals surface area contributed by atoms with Gasteiger partial charge in [-0.1, -0.05) is 41.9 Å². The van der Waals surface area contributed by atoms with Gasteiger partial charge in [0.05, 0.1) is 18.8 Å². The Morgan fingerprint density at radius 2 is 1.85 bits per heavy atom. The van der Waals surface area contributed by atoms with Crippen LogP contribution in [0.1, 0.15) is 24.1 Å². The minimum absolute atomic E-state index is 0.0831. The number of aliphatic imine (C=N–C) groups is 1. The minimum atomic E-state index is -4.75. The zero-order valence-corrected chi connectivity index (χ0v) is 14.7. The predicted molar refractivity (Wildman–Crippen MR) is 94.9 cm³/mol. The van der Waals surface area contributed by atoms with Crippen LogP contribution in [0.2, 0.25) is 5.02 Å². The summed E-state index contributed by atoms with van der Waals surface area (Å²) >= 11 is 5.87. The fourth-order valence-corrected chi connectivity index (χ4v) is 2.45. The average Bonchev–Trinajstić information content (AvgIpc) is 2.60. The molecule has 2 rings (SSSR count). The summed E-state index contributed by atoms with van der Waals surface area (Å²) in [5.41, 5.74) is -0.947.